The molecule has 7 heteroatoms. The van der Waals surface area contributed by atoms with E-state index in [0.717, 1.165) is 5.01 Å². The molecule has 16 heavy (non-hydrogen) atoms. The number of amides is 1. The van der Waals surface area contributed by atoms with Gasteiger partial charge >= 0.3 is 0 Å². The molecule has 2 heterocycles. The molecule has 0 aliphatic heterocycles. The van der Waals surface area contributed by atoms with Gasteiger partial charge in [0.1, 0.15) is 5.01 Å². The fraction of sp³-hybridized carbons (Fsp3) is 0.333. The molecule has 0 aromatic carbocycles. The molecular weight excluding hydrogens is 226 g/mol. The summed E-state index contributed by atoms with van der Waals surface area (Å²) >= 11 is 1.50. The van der Waals surface area contributed by atoms with E-state index in [1.54, 1.807) is 6.20 Å². The maximum absolute atomic E-state index is 11.8. The van der Waals surface area contributed by atoms with Crippen molar-refractivity contribution < 1.29 is 4.79 Å². The maximum Gasteiger partial charge on any atom is 0.274 e. The van der Waals surface area contributed by atoms with Crippen LogP contribution in [0.4, 0.5) is 0 Å². The van der Waals surface area contributed by atoms with Gasteiger partial charge < -0.3 is 5.32 Å². The SMILES string of the molecule is CC(C)(NC(=O)c1cn[nH]n1)c1nccs1. The molecule has 0 atom stereocenters. The first kappa shape index (κ1) is 10.7. The van der Waals surface area contributed by atoms with E-state index in [1.165, 1.54) is 17.5 Å². The Morgan fingerprint density at radius 3 is 2.94 bits per heavy atom. The Kier molecular flexibility index (Phi) is 2.69. The summed E-state index contributed by atoms with van der Waals surface area (Å²) in [5.41, 5.74) is -0.242. The number of aromatic amines is 1. The predicted molar refractivity (Wildman–Crippen MR) is 59.0 cm³/mol. The highest BCUT2D eigenvalue weighted by atomic mass is 32.1. The van der Waals surface area contributed by atoms with Gasteiger partial charge in [-0.25, -0.2) is 4.98 Å². The molecule has 2 aromatic rings. The molecule has 0 spiro atoms. The Bertz CT molecular complexity index is 462. The Morgan fingerprint density at radius 2 is 2.38 bits per heavy atom. The van der Waals surface area contributed by atoms with Crippen LogP contribution < -0.4 is 5.32 Å². The second kappa shape index (κ2) is 4.01. The molecule has 2 aromatic heterocycles. The number of carbonyl (C=O) groups excluding carboxylic acids is 1. The van der Waals surface area contributed by atoms with Crippen LogP contribution in [0.25, 0.3) is 0 Å². The van der Waals surface area contributed by atoms with Crippen molar-refractivity contribution in [1.82, 2.24) is 25.7 Å². The average molecular weight is 237 g/mol. The van der Waals surface area contributed by atoms with E-state index in [1.807, 2.05) is 19.2 Å². The fourth-order valence-electron chi connectivity index (χ4n) is 1.24. The molecule has 0 fully saturated rings. The van der Waals surface area contributed by atoms with Crippen LogP contribution in [0.1, 0.15) is 29.3 Å². The van der Waals surface area contributed by atoms with Gasteiger partial charge in [0.05, 0.1) is 11.7 Å². The van der Waals surface area contributed by atoms with Gasteiger partial charge in [-0.1, -0.05) is 0 Å². The van der Waals surface area contributed by atoms with E-state index in [-0.39, 0.29) is 11.6 Å². The van der Waals surface area contributed by atoms with Crippen LogP contribution in [0, 0.1) is 0 Å². The van der Waals surface area contributed by atoms with Crippen LogP contribution in [0.3, 0.4) is 0 Å². The number of nitrogens with zero attached hydrogens (tertiary/aromatic N) is 3. The molecular formula is C9H11N5OS. The minimum atomic E-state index is -0.510. The number of hydrogen-bond donors (Lipinski definition) is 2. The Labute approximate surface area is 96.1 Å². The number of carbonyl (C=O) groups is 1. The van der Waals surface area contributed by atoms with Crippen molar-refractivity contribution in [2.24, 2.45) is 0 Å². The lowest BCUT2D eigenvalue weighted by Crippen LogP contribution is -2.41. The third-order valence-corrected chi connectivity index (χ3v) is 3.14. The van der Waals surface area contributed by atoms with Crippen molar-refractivity contribution in [1.29, 1.82) is 0 Å². The van der Waals surface area contributed by atoms with E-state index >= 15 is 0 Å². The van der Waals surface area contributed by atoms with Gasteiger partial charge in [0.25, 0.3) is 5.91 Å². The van der Waals surface area contributed by atoms with Gasteiger partial charge in [0.15, 0.2) is 5.69 Å². The zero-order valence-corrected chi connectivity index (χ0v) is 9.71. The van der Waals surface area contributed by atoms with E-state index in [2.05, 4.69) is 25.7 Å². The number of nitrogens with one attached hydrogen (secondary N) is 2. The van der Waals surface area contributed by atoms with Crippen LogP contribution in [0.2, 0.25) is 0 Å². The lowest BCUT2D eigenvalue weighted by atomic mass is 10.1. The van der Waals surface area contributed by atoms with Gasteiger partial charge in [-0.2, -0.15) is 15.4 Å². The third kappa shape index (κ3) is 2.08. The molecule has 1 amide bonds. The minimum absolute atomic E-state index is 0.268. The molecule has 2 rings (SSSR count). The fourth-order valence-corrected chi connectivity index (χ4v) is 1.96. The van der Waals surface area contributed by atoms with Gasteiger partial charge in [-0.05, 0) is 13.8 Å². The van der Waals surface area contributed by atoms with Crippen LogP contribution >= 0.6 is 11.3 Å². The lowest BCUT2D eigenvalue weighted by Gasteiger charge is -2.22. The molecule has 0 aliphatic rings. The molecule has 6 nitrogen and oxygen atoms in total. The van der Waals surface area contributed by atoms with Crippen molar-refractivity contribution >= 4 is 17.2 Å². The first-order valence-electron chi connectivity index (χ1n) is 4.68. The summed E-state index contributed by atoms with van der Waals surface area (Å²) in [6.07, 6.45) is 3.09. The lowest BCUT2D eigenvalue weighted by molar-refractivity contribution is 0.0906. The summed E-state index contributed by atoms with van der Waals surface area (Å²) in [4.78, 5) is 15.9. The molecule has 0 radical (unpaired) electrons. The topological polar surface area (TPSA) is 83.6 Å². The number of H-pyrrole nitrogens is 1. The summed E-state index contributed by atoms with van der Waals surface area (Å²) < 4.78 is 0. The van der Waals surface area contributed by atoms with Crippen molar-refractivity contribution in [2.45, 2.75) is 19.4 Å². The highest BCUT2D eigenvalue weighted by Gasteiger charge is 2.26. The van der Waals surface area contributed by atoms with Gasteiger partial charge in [0, 0.05) is 11.6 Å². The average Bonchev–Trinajstić information content (AvgIpc) is 2.91. The highest BCUT2D eigenvalue weighted by molar-refractivity contribution is 7.09. The van der Waals surface area contributed by atoms with E-state index in [0.29, 0.717) is 0 Å². The first-order valence-corrected chi connectivity index (χ1v) is 5.56. The maximum atomic E-state index is 11.8. The molecule has 0 bridgehead atoms. The standard InChI is InChI=1S/C9H11N5OS/c1-9(2,8-10-3-4-16-8)12-7(15)6-5-11-14-13-6/h3-5H,1-2H3,(H,12,15)(H,11,13,14). The summed E-state index contributed by atoms with van der Waals surface area (Å²) in [5.74, 6) is -0.269. The smallest absolute Gasteiger partial charge is 0.274 e. The normalized spacial score (nSPS) is 11.4. The van der Waals surface area contributed by atoms with E-state index in [4.69, 9.17) is 0 Å². The molecule has 0 aliphatic carbocycles. The molecule has 84 valence electrons. The quantitative estimate of drug-likeness (QED) is 0.831. The molecule has 0 saturated carbocycles. The second-order valence-electron chi connectivity index (χ2n) is 3.77. The van der Waals surface area contributed by atoms with Crippen LogP contribution in [0.15, 0.2) is 17.8 Å². The summed E-state index contributed by atoms with van der Waals surface area (Å²) in [5, 5.41) is 15.3. The van der Waals surface area contributed by atoms with Crippen LogP contribution in [0.5, 0.6) is 0 Å². The summed E-state index contributed by atoms with van der Waals surface area (Å²) in [6.45, 7) is 3.79. The van der Waals surface area contributed by atoms with Crippen molar-refractivity contribution in [3.63, 3.8) is 0 Å². The number of thiazole rings is 1. The summed E-state index contributed by atoms with van der Waals surface area (Å²) in [6, 6.07) is 0. The van der Waals surface area contributed by atoms with Gasteiger partial charge in [-0.3, -0.25) is 4.79 Å². The largest absolute Gasteiger partial charge is 0.339 e. The zero-order chi connectivity index (χ0) is 11.6. The first-order chi connectivity index (χ1) is 7.59. The predicted octanol–water partition coefficient (Wildman–Crippen LogP) is 0.926. The molecule has 2 N–H and O–H groups in total. The second-order valence-corrected chi connectivity index (χ2v) is 4.67. The number of rotatable bonds is 3. The number of hydrogen-bond acceptors (Lipinski definition) is 5. The molecule has 0 saturated heterocycles. The molecule has 0 unspecified atom stereocenters. The van der Waals surface area contributed by atoms with Gasteiger partial charge in [-0.15, -0.1) is 11.3 Å². The van der Waals surface area contributed by atoms with Gasteiger partial charge in [0.2, 0.25) is 0 Å². The monoisotopic (exact) mass is 237 g/mol. The van der Waals surface area contributed by atoms with Crippen LogP contribution in [-0.2, 0) is 5.54 Å². The summed E-state index contributed by atoms with van der Waals surface area (Å²) in [7, 11) is 0. The Balaban J connectivity index is 2.13. The number of aromatic nitrogens is 4. The van der Waals surface area contributed by atoms with Crippen molar-refractivity contribution in [2.75, 3.05) is 0 Å². The van der Waals surface area contributed by atoms with Crippen LogP contribution in [-0.4, -0.2) is 26.3 Å². The zero-order valence-electron chi connectivity index (χ0n) is 8.89. The Hall–Kier alpha value is -1.76. The van der Waals surface area contributed by atoms with E-state index < -0.39 is 5.54 Å². The highest BCUT2D eigenvalue weighted by Crippen LogP contribution is 2.22. The van der Waals surface area contributed by atoms with Crippen molar-refractivity contribution in [3.05, 3.63) is 28.5 Å². The Morgan fingerprint density at radius 1 is 1.56 bits per heavy atom. The minimum Gasteiger partial charge on any atom is -0.339 e. The van der Waals surface area contributed by atoms with E-state index in [9.17, 15) is 4.79 Å². The third-order valence-electron chi connectivity index (χ3n) is 2.04. The van der Waals surface area contributed by atoms with Crippen molar-refractivity contribution in [3.8, 4) is 0 Å².